The molecule has 1 N–H and O–H groups in total. The Labute approximate surface area is 170 Å². The summed E-state index contributed by atoms with van der Waals surface area (Å²) in [6, 6.07) is 7.58. The van der Waals surface area contributed by atoms with Crippen LogP contribution in [0.4, 0.5) is 0 Å². The number of fused-ring (bicyclic) bond motifs is 2. The lowest BCUT2D eigenvalue weighted by Crippen LogP contribution is -2.36. The van der Waals surface area contributed by atoms with Crippen molar-refractivity contribution in [3.8, 4) is 11.5 Å². The average Bonchev–Trinajstić information content (AvgIpc) is 3.19. The molecule has 0 radical (unpaired) electrons. The second-order valence-electron chi connectivity index (χ2n) is 7.41. The van der Waals surface area contributed by atoms with Gasteiger partial charge >= 0.3 is 0 Å². The van der Waals surface area contributed by atoms with E-state index in [2.05, 4.69) is 16.4 Å². The zero-order valence-electron chi connectivity index (χ0n) is 16.6. The van der Waals surface area contributed by atoms with Crippen LogP contribution in [0.25, 0.3) is 0 Å². The summed E-state index contributed by atoms with van der Waals surface area (Å²) in [4.78, 5) is 31.0. The van der Waals surface area contributed by atoms with E-state index in [1.54, 1.807) is 0 Å². The van der Waals surface area contributed by atoms with E-state index in [4.69, 9.17) is 9.47 Å². The Morgan fingerprint density at radius 3 is 2.90 bits per heavy atom. The molecule has 7 heteroatoms. The minimum Gasteiger partial charge on any atom is -0.454 e. The van der Waals surface area contributed by atoms with Crippen LogP contribution in [0.2, 0.25) is 0 Å². The van der Waals surface area contributed by atoms with E-state index in [9.17, 15) is 9.59 Å². The molecule has 3 heterocycles. The molecule has 4 rings (SSSR count). The number of hydrogen-bond donors (Lipinski definition) is 1. The first-order valence-corrected chi connectivity index (χ1v) is 10.0. The molecule has 2 amide bonds. The molecule has 1 aromatic carbocycles. The summed E-state index contributed by atoms with van der Waals surface area (Å²) >= 11 is 0. The first-order chi connectivity index (χ1) is 14.1. The van der Waals surface area contributed by atoms with Gasteiger partial charge in [-0.05, 0) is 41.3 Å². The minimum absolute atomic E-state index is 0.0682. The number of benzene rings is 1. The van der Waals surface area contributed by atoms with Crippen LogP contribution in [-0.4, -0.2) is 35.0 Å². The molecule has 1 aromatic heterocycles. The van der Waals surface area contributed by atoms with Gasteiger partial charge in [-0.3, -0.25) is 14.6 Å². The van der Waals surface area contributed by atoms with Gasteiger partial charge in [0.2, 0.25) is 18.6 Å². The topological polar surface area (TPSA) is 80.8 Å². The van der Waals surface area contributed by atoms with Gasteiger partial charge in [-0.25, -0.2) is 0 Å². The van der Waals surface area contributed by atoms with Crippen LogP contribution >= 0.6 is 0 Å². The van der Waals surface area contributed by atoms with Crippen molar-refractivity contribution in [1.29, 1.82) is 0 Å². The van der Waals surface area contributed by atoms with Gasteiger partial charge < -0.3 is 19.7 Å². The van der Waals surface area contributed by atoms with Gasteiger partial charge in [0.1, 0.15) is 0 Å². The standard InChI is InChI=1S/C22H25N3O4/c1-2-3-22(27)25-7-6-18-17(13-25)8-16(11-23-18)12-24-21(26)10-15-4-5-19-20(9-15)29-14-28-19/h4-5,8-9,11H,2-3,6-7,10,12-14H2,1H3,(H,24,26). The summed E-state index contributed by atoms with van der Waals surface area (Å²) in [6.07, 6.45) is 4.30. The molecule has 152 valence electrons. The number of hydrogen-bond acceptors (Lipinski definition) is 5. The van der Waals surface area contributed by atoms with E-state index in [1.807, 2.05) is 36.2 Å². The van der Waals surface area contributed by atoms with Gasteiger partial charge in [-0.1, -0.05) is 13.0 Å². The van der Waals surface area contributed by atoms with Gasteiger partial charge in [-0.2, -0.15) is 0 Å². The molecular weight excluding hydrogens is 370 g/mol. The summed E-state index contributed by atoms with van der Waals surface area (Å²) in [5.41, 5.74) is 3.93. The third-order valence-corrected chi connectivity index (χ3v) is 5.20. The van der Waals surface area contributed by atoms with Crippen LogP contribution in [0, 0.1) is 0 Å². The monoisotopic (exact) mass is 395 g/mol. The molecule has 0 fully saturated rings. The third kappa shape index (κ3) is 4.50. The lowest BCUT2D eigenvalue weighted by molar-refractivity contribution is -0.132. The van der Waals surface area contributed by atoms with E-state index >= 15 is 0 Å². The van der Waals surface area contributed by atoms with Crippen LogP contribution in [0.5, 0.6) is 11.5 Å². The largest absolute Gasteiger partial charge is 0.454 e. The lowest BCUT2D eigenvalue weighted by Gasteiger charge is -2.28. The number of pyridine rings is 1. The quantitative estimate of drug-likeness (QED) is 0.812. The van der Waals surface area contributed by atoms with Crippen molar-refractivity contribution >= 4 is 11.8 Å². The summed E-state index contributed by atoms with van der Waals surface area (Å²) in [7, 11) is 0. The van der Waals surface area contributed by atoms with Crippen molar-refractivity contribution < 1.29 is 19.1 Å². The Balaban J connectivity index is 1.34. The predicted octanol–water partition coefficient (Wildman–Crippen LogP) is 2.35. The van der Waals surface area contributed by atoms with Crippen LogP contribution in [0.15, 0.2) is 30.5 Å². The fourth-order valence-corrected chi connectivity index (χ4v) is 3.66. The van der Waals surface area contributed by atoms with Gasteiger partial charge in [0.05, 0.1) is 6.42 Å². The SMILES string of the molecule is CCCC(=O)N1CCc2ncc(CNC(=O)Cc3ccc4c(c3)OCO4)cc2C1. The van der Waals surface area contributed by atoms with Crippen molar-refractivity contribution in [1.82, 2.24) is 15.2 Å². The Hall–Kier alpha value is -3.09. The first kappa shape index (κ1) is 19.2. The van der Waals surface area contributed by atoms with Crippen molar-refractivity contribution in [3.63, 3.8) is 0 Å². The molecular formula is C22H25N3O4. The van der Waals surface area contributed by atoms with Crippen molar-refractivity contribution in [3.05, 3.63) is 52.8 Å². The average molecular weight is 395 g/mol. The minimum atomic E-state index is -0.0682. The fourth-order valence-electron chi connectivity index (χ4n) is 3.66. The number of amides is 2. The second-order valence-corrected chi connectivity index (χ2v) is 7.41. The molecule has 0 atom stereocenters. The number of aromatic nitrogens is 1. The maximum Gasteiger partial charge on any atom is 0.231 e. The molecule has 29 heavy (non-hydrogen) atoms. The predicted molar refractivity (Wildman–Crippen MR) is 106 cm³/mol. The molecule has 0 saturated heterocycles. The number of carbonyl (C=O) groups is 2. The Morgan fingerprint density at radius 1 is 1.17 bits per heavy atom. The van der Waals surface area contributed by atoms with Gasteiger partial charge in [0.15, 0.2) is 11.5 Å². The summed E-state index contributed by atoms with van der Waals surface area (Å²) in [5, 5.41) is 2.94. The van der Waals surface area contributed by atoms with E-state index in [-0.39, 0.29) is 25.0 Å². The zero-order chi connectivity index (χ0) is 20.2. The van der Waals surface area contributed by atoms with Crippen LogP contribution in [0.1, 0.15) is 42.1 Å². The molecule has 2 aliphatic heterocycles. The molecule has 0 aliphatic carbocycles. The van der Waals surface area contributed by atoms with Gasteiger partial charge in [0, 0.05) is 44.4 Å². The maximum absolute atomic E-state index is 12.3. The molecule has 0 bridgehead atoms. The summed E-state index contributed by atoms with van der Waals surface area (Å²) in [5.74, 6) is 1.51. The van der Waals surface area contributed by atoms with Crippen molar-refractivity contribution in [2.75, 3.05) is 13.3 Å². The van der Waals surface area contributed by atoms with E-state index in [0.717, 1.165) is 41.8 Å². The first-order valence-electron chi connectivity index (χ1n) is 10.0. The number of rotatable bonds is 6. The zero-order valence-corrected chi connectivity index (χ0v) is 16.6. The highest BCUT2D eigenvalue weighted by Crippen LogP contribution is 2.32. The van der Waals surface area contributed by atoms with E-state index < -0.39 is 0 Å². The Bertz CT molecular complexity index is 928. The molecule has 2 aliphatic rings. The molecule has 0 saturated carbocycles. The summed E-state index contributed by atoms with van der Waals surface area (Å²) in [6.45, 7) is 3.97. The fraction of sp³-hybridized carbons (Fsp3) is 0.409. The highest BCUT2D eigenvalue weighted by atomic mass is 16.7. The highest BCUT2D eigenvalue weighted by Gasteiger charge is 2.21. The molecule has 0 spiro atoms. The van der Waals surface area contributed by atoms with E-state index in [0.29, 0.717) is 31.0 Å². The lowest BCUT2D eigenvalue weighted by atomic mass is 10.0. The normalized spacial score (nSPS) is 14.4. The van der Waals surface area contributed by atoms with Crippen LogP contribution in [0.3, 0.4) is 0 Å². The summed E-state index contributed by atoms with van der Waals surface area (Å²) < 4.78 is 10.6. The van der Waals surface area contributed by atoms with Crippen LogP contribution < -0.4 is 14.8 Å². The molecule has 0 unspecified atom stereocenters. The van der Waals surface area contributed by atoms with Gasteiger partial charge in [-0.15, -0.1) is 0 Å². The van der Waals surface area contributed by atoms with Crippen molar-refractivity contribution in [2.24, 2.45) is 0 Å². The maximum atomic E-state index is 12.3. The van der Waals surface area contributed by atoms with Gasteiger partial charge in [0.25, 0.3) is 0 Å². The number of carbonyl (C=O) groups excluding carboxylic acids is 2. The Morgan fingerprint density at radius 2 is 2.03 bits per heavy atom. The Kier molecular flexibility index (Phi) is 5.64. The van der Waals surface area contributed by atoms with E-state index in [1.165, 1.54) is 0 Å². The highest BCUT2D eigenvalue weighted by molar-refractivity contribution is 5.79. The smallest absolute Gasteiger partial charge is 0.231 e. The molecule has 2 aromatic rings. The number of nitrogens with one attached hydrogen (secondary N) is 1. The van der Waals surface area contributed by atoms with Crippen molar-refractivity contribution in [2.45, 2.75) is 45.7 Å². The molecule has 7 nitrogen and oxygen atoms in total. The number of ether oxygens (including phenoxy) is 2. The number of nitrogens with zero attached hydrogens (tertiary/aromatic N) is 2. The van der Waals surface area contributed by atoms with Crippen LogP contribution in [-0.2, 0) is 35.5 Å². The second kappa shape index (κ2) is 8.51. The third-order valence-electron chi connectivity index (χ3n) is 5.20.